The van der Waals surface area contributed by atoms with E-state index in [1.807, 2.05) is 25.1 Å². The first-order chi connectivity index (χ1) is 14.4. The fourth-order valence-electron chi connectivity index (χ4n) is 3.21. The van der Waals surface area contributed by atoms with E-state index < -0.39 is 6.04 Å². The third-order valence-electron chi connectivity index (χ3n) is 4.83. The lowest BCUT2D eigenvalue weighted by Gasteiger charge is -2.24. The highest BCUT2D eigenvalue weighted by Crippen LogP contribution is 2.23. The van der Waals surface area contributed by atoms with Gasteiger partial charge in [-0.15, -0.1) is 0 Å². The molecule has 154 valence electrons. The zero-order valence-electron chi connectivity index (χ0n) is 17.5. The van der Waals surface area contributed by atoms with Gasteiger partial charge in [0.15, 0.2) is 0 Å². The maximum absolute atomic E-state index is 12.8. The van der Waals surface area contributed by atoms with Crippen molar-refractivity contribution in [1.29, 1.82) is 0 Å². The van der Waals surface area contributed by atoms with Crippen molar-refractivity contribution in [3.8, 4) is 0 Å². The van der Waals surface area contributed by atoms with Crippen molar-refractivity contribution < 1.29 is 9.59 Å². The van der Waals surface area contributed by atoms with E-state index in [1.54, 1.807) is 24.3 Å². The second-order valence-electron chi connectivity index (χ2n) is 7.39. The molecule has 5 nitrogen and oxygen atoms in total. The van der Waals surface area contributed by atoms with E-state index in [4.69, 9.17) is 0 Å². The molecular weight excluding hydrogens is 374 g/mol. The molecular formula is C25H27N3O2. The Labute approximate surface area is 177 Å². The average Bonchev–Trinajstić information content (AvgIpc) is 2.74. The lowest BCUT2D eigenvalue weighted by molar-refractivity contribution is -0.118. The van der Waals surface area contributed by atoms with Crippen LogP contribution in [-0.2, 0) is 9.59 Å². The summed E-state index contributed by atoms with van der Waals surface area (Å²) < 4.78 is 0. The third-order valence-corrected chi connectivity index (χ3v) is 4.83. The van der Waals surface area contributed by atoms with E-state index in [1.165, 1.54) is 12.5 Å². The molecule has 0 aliphatic rings. The van der Waals surface area contributed by atoms with Crippen LogP contribution < -0.4 is 16.0 Å². The predicted octanol–water partition coefficient (Wildman–Crippen LogP) is 4.66. The van der Waals surface area contributed by atoms with E-state index in [9.17, 15) is 9.59 Å². The van der Waals surface area contributed by atoms with E-state index >= 15 is 0 Å². The zero-order chi connectivity index (χ0) is 21.5. The van der Waals surface area contributed by atoms with Gasteiger partial charge in [0, 0.05) is 18.3 Å². The number of hydrogen-bond acceptors (Lipinski definition) is 3. The lowest BCUT2D eigenvalue weighted by atomic mass is 9.97. The van der Waals surface area contributed by atoms with Crippen LogP contribution in [0.3, 0.4) is 0 Å². The normalized spacial score (nSPS) is 12.6. The Hall–Kier alpha value is -3.44. The van der Waals surface area contributed by atoms with Gasteiger partial charge in [0.2, 0.25) is 11.8 Å². The van der Waals surface area contributed by atoms with Crippen LogP contribution in [0.15, 0.2) is 78.9 Å². The number of hydrogen-bond donors (Lipinski definition) is 3. The van der Waals surface area contributed by atoms with E-state index in [0.29, 0.717) is 11.4 Å². The number of aryl methyl sites for hydroxylation is 1. The maximum atomic E-state index is 12.8. The Morgan fingerprint density at radius 2 is 1.27 bits per heavy atom. The van der Waals surface area contributed by atoms with Gasteiger partial charge < -0.3 is 10.6 Å². The number of rotatable bonds is 7. The summed E-state index contributed by atoms with van der Waals surface area (Å²) in [6.07, 6.45) is 0. The quantitative estimate of drug-likeness (QED) is 0.539. The number of carbonyl (C=O) groups excluding carboxylic acids is 2. The Morgan fingerprint density at radius 1 is 0.733 bits per heavy atom. The van der Waals surface area contributed by atoms with Gasteiger partial charge in [-0.3, -0.25) is 14.9 Å². The molecule has 0 heterocycles. The molecule has 2 amide bonds. The average molecular weight is 402 g/mol. The molecule has 0 aliphatic carbocycles. The van der Waals surface area contributed by atoms with Gasteiger partial charge in [-0.2, -0.15) is 0 Å². The Balaban J connectivity index is 1.71. The Morgan fingerprint density at radius 3 is 1.83 bits per heavy atom. The van der Waals surface area contributed by atoms with Crippen molar-refractivity contribution >= 4 is 23.2 Å². The summed E-state index contributed by atoms with van der Waals surface area (Å²) in [4.78, 5) is 23.9. The molecule has 3 aromatic rings. The Kier molecular flexibility index (Phi) is 6.99. The number of amides is 2. The third kappa shape index (κ3) is 5.78. The van der Waals surface area contributed by atoms with Crippen LogP contribution in [0.2, 0.25) is 0 Å². The smallest absolute Gasteiger partial charge is 0.241 e. The van der Waals surface area contributed by atoms with Crippen molar-refractivity contribution in [1.82, 2.24) is 5.32 Å². The molecule has 0 saturated carbocycles. The molecule has 0 fully saturated rings. The molecule has 0 aromatic heterocycles. The topological polar surface area (TPSA) is 70.2 Å². The molecule has 0 spiro atoms. The maximum Gasteiger partial charge on any atom is 0.241 e. The summed E-state index contributed by atoms with van der Waals surface area (Å²) >= 11 is 0. The predicted molar refractivity (Wildman–Crippen MR) is 121 cm³/mol. The fourth-order valence-corrected chi connectivity index (χ4v) is 3.21. The molecule has 2 atom stereocenters. The van der Waals surface area contributed by atoms with Gasteiger partial charge in [-0.25, -0.2) is 0 Å². The number of anilines is 2. The van der Waals surface area contributed by atoms with E-state index in [2.05, 4.69) is 59.3 Å². The van der Waals surface area contributed by atoms with Crippen LogP contribution in [-0.4, -0.2) is 17.9 Å². The number of nitrogens with one attached hydrogen (secondary N) is 3. The summed E-state index contributed by atoms with van der Waals surface area (Å²) in [6.45, 7) is 5.37. The standard InChI is InChI=1S/C25H27N3O2/c1-17-9-11-21(12-10-17)24(20-7-5-4-6-8-20)26-18(2)25(30)28-23-15-13-22(14-16-23)27-19(3)29/h4-16,18,24,26H,1-3H3,(H,27,29)(H,28,30)/t18-,24-/m0/s1. The summed E-state index contributed by atoms with van der Waals surface area (Å²) in [7, 11) is 0. The molecule has 0 aliphatic heterocycles. The highest BCUT2D eigenvalue weighted by Gasteiger charge is 2.21. The van der Waals surface area contributed by atoms with Crippen LogP contribution >= 0.6 is 0 Å². The minimum Gasteiger partial charge on any atom is -0.326 e. The molecule has 3 N–H and O–H groups in total. The summed E-state index contributed by atoms with van der Waals surface area (Å²) in [5, 5.41) is 9.09. The number of carbonyl (C=O) groups is 2. The first-order valence-corrected chi connectivity index (χ1v) is 9.98. The van der Waals surface area contributed by atoms with E-state index in [0.717, 1.165) is 11.1 Å². The molecule has 30 heavy (non-hydrogen) atoms. The van der Waals surface area contributed by atoms with Gasteiger partial charge in [-0.1, -0.05) is 60.2 Å². The Bertz CT molecular complexity index is 983. The lowest BCUT2D eigenvalue weighted by Crippen LogP contribution is -2.40. The van der Waals surface area contributed by atoms with Crippen LogP contribution in [0.5, 0.6) is 0 Å². The largest absolute Gasteiger partial charge is 0.326 e. The van der Waals surface area contributed by atoms with Crippen molar-refractivity contribution in [2.75, 3.05) is 10.6 Å². The zero-order valence-corrected chi connectivity index (χ0v) is 17.5. The second kappa shape index (κ2) is 9.85. The van der Waals surface area contributed by atoms with Crippen molar-refractivity contribution in [3.05, 3.63) is 95.6 Å². The summed E-state index contributed by atoms with van der Waals surface area (Å²) in [5.41, 5.74) is 4.76. The van der Waals surface area contributed by atoms with Crippen LogP contribution in [0.25, 0.3) is 0 Å². The van der Waals surface area contributed by atoms with Crippen LogP contribution in [0, 0.1) is 6.92 Å². The summed E-state index contributed by atoms with van der Waals surface area (Å²) in [5.74, 6) is -0.261. The highest BCUT2D eigenvalue weighted by molar-refractivity contribution is 5.95. The van der Waals surface area contributed by atoms with Gasteiger partial charge in [0.25, 0.3) is 0 Å². The van der Waals surface area contributed by atoms with Gasteiger partial charge >= 0.3 is 0 Å². The van der Waals surface area contributed by atoms with Crippen molar-refractivity contribution in [2.45, 2.75) is 32.9 Å². The second-order valence-corrected chi connectivity index (χ2v) is 7.39. The van der Waals surface area contributed by atoms with E-state index in [-0.39, 0.29) is 17.9 Å². The molecule has 0 radical (unpaired) electrons. The first kappa shape index (κ1) is 21.3. The minimum atomic E-state index is -0.425. The molecule has 0 saturated heterocycles. The molecule has 0 unspecified atom stereocenters. The van der Waals surface area contributed by atoms with Gasteiger partial charge in [0.1, 0.15) is 0 Å². The van der Waals surface area contributed by atoms with Gasteiger partial charge in [-0.05, 0) is 49.2 Å². The van der Waals surface area contributed by atoms with Gasteiger partial charge in [0.05, 0.1) is 12.1 Å². The van der Waals surface area contributed by atoms with Crippen molar-refractivity contribution in [3.63, 3.8) is 0 Å². The molecule has 3 aromatic carbocycles. The molecule has 5 heteroatoms. The molecule has 3 rings (SSSR count). The summed E-state index contributed by atoms with van der Waals surface area (Å²) in [6, 6.07) is 25.0. The van der Waals surface area contributed by atoms with Crippen LogP contribution in [0.4, 0.5) is 11.4 Å². The monoisotopic (exact) mass is 401 g/mol. The number of benzene rings is 3. The van der Waals surface area contributed by atoms with Crippen molar-refractivity contribution in [2.24, 2.45) is 0 Å². The minimum absolute atomic E-state index is 0.102. The SMILES string of the molecule is CC(=O)Nc1ccc(NC(=O)[C@H](C)N[C@@H](c2ccccc2)c2ccc(C)cc2)cc1. The van der Waals surface area contributed by atoms with Crippen LogP contribution in [0.1, 0.15) is 36.6 Å². The fraction of sp³-hybridized carbons (Fsp3) is 0.200. The highest BCUT2D eigenvalue weighted by atomic mass is 16.2. The first-order valence-electron chi connectivity index (χ1n) is 9.98. The molecule has 0 bridgehead atoms.